The van der Waals surface area contributed by atoms with E-state index in [1.54, 1.807) is 24.3 Å². The van der Waals surface area contributed by atoms with E-state index in [9.17, 15) is 8.42 Å². The predicted octanol–water partition coefficient (Wildman–Crippen LogP) is 5.07. The van der Waals surface area contributed by atoms with Crippen molar-refractivity contribution in [3.05, 3.63) is 77.7 Å². The first-order valence-corrected chi connectivity index (χ1v) is 10.4. The summed E-state index contributed by atoms with van der Waals surface area (Å²) in [6.45, 7) is 1.92. The Hall–Kier alpha value is -2.70. The number of benzene rings is 3. The van der Waals surface area contributed by atoms with Crippen molar-refractivity contribution >= 4 is 37.3 Å². The monoisotopic (exact) mass is 380 g/mol. The van der Waals surface area contributed by atoms with Crippen molar-refractivity contribution in [3.8, 4) is 11.3 Å². The second-order valence-corrected chi connectivity index (χ2v) is 8.56. The zero-order valence-electron chi connectivity index (χ0n) is 14.0. The number of thiazole rings is 1. The number of aryl methyl sites for hydroxylation is 1. The van der Waals surface area contributed by atoms with Gasteiger partial charge in [-0.1, -0.05) is 54.1 Å². The van der Waals surface area contributed by atoms with E-state index in [1.165, 1.54) is 11.3 Å². The summed E-state index contributed by atoms with van der Waals surface area (Å²) in [6.07, 6.45) is 0. The Balaban J connectivity index is 1.62. The summed E-state index contributed by atoms with van der Waals surface area (Å²) in [5.41, 5.74) is 2.72. The largest absolute Gasteiger partial charge is 0.263 e. The SMILES string of the molecule is Cc1ccc(S(=O)(=O)Nc2nc(-c3ccc4ccccc4c3)cs2)cc1. The molecule has 1 heterocycles. The molecule has 0 fully saturated rings. The minimum atomic E-state index is -3.64. The van der Waals surface area contributed by atoms with Crippen LogP contribution in [0.15, 0.2) is 77.0 Å². The highest BCUT2D eigenvalue weighted by Crippen LogP contribution is 2.29. The predicted molar refractivity (Wildman–Crippen MR) is 107 cm³/mol. The molecular formula is C20H16N2O2S2. The Morgan fingerprint density at radius 2 is 1.65 bits per heavy atom. The van der Waals surface area contributed by atoms with E-state index in [4.69, 9.17) is 0 Å². The molecule has 0 atom stereocenters. The van der Waals surface area contributed by atoms with Gasteiger partial charge in [0.25, 0.3) is 10.0 Å². The molecule has 0 unspecified atom stereocenters. The van der Waals surface area contributed by atoms with Crippen molar-refractivity contribution in [2.45, 2.75) is 11.8 Å². The van der Waals surface area contributed by atoms with Crippen LogP contribution in [0, 0.1) is 6.92 Å². The van der Waals surface area contributed by atoms with E-state index in [0.717, 1.165) is 27.6 Å². The maximum Gasteiger partial charge on any atom is 0.263 e. The van der Waals surface area contributed by atoms with Crippen LogP contribution in [0.2, 0.25) is 0 Å². The number of nitrogens with zero attached hydrogens (tertiary/aromatic N) is 1. The molecule has 3 aromatic carbocycles. The standard InChI is InChI=1S/C20H16N2O2S2/c1-14-6-10-18(11-7-14)26(23,24)22-20-21-19(13-25-20)17-9-8-15-4-2-3-5-16(15)12-17/h2-13H,1H3,(H,21,22). The van der Waals surface area contributed by atoms with Crippen LogP contribution in [0.25, 0.3) is 22.0 Å². The minimum absolute atomic E-state index is 0.227. The van der Waals surface area contributed by atoms with Gasteiger partial charge >= 0.3 is 0 Å². The number of hydrogen-bond acceptors (Lipinski definition) is 4. The summed E-state index contributed by atoms with van der Waals surface area (Å²) in [4.78, 5) is 4.67. The van der Waals surface area contributed by atoms with Gasteiger partial charge in [-0.05, 0) is 35.9 Å². The quantitative estimate of drug-likeness (QED) is 0.537. The highest BCUT2D eigenvalue weighted by Gasteiger charge is 2.16. The molecule has 26 heavy (non-hydrogen) atoms. The summed E-state index contributed by atoms with van der Waals surface area (Å²) < 4.78 is 27.5. The van der Waals surface area contributed by atoms with E-state index in [0.29, 0.717) is 5.13 Å². The molecule has 4 aromatic rings. The fraction of sp³-hybridized carbons (Fsp3) is 0.0500. The molecule has 0 bridgehead atoms. The van der Waals surface area contributed by atoms with Crippen molar-refractivity contribution in [1.29, 1.82) is 0 Å². The number of anilines is 1. The lowest BCUT2D eigenvalue weighted by Crippen LogP contribution is -2.12. The summed E-state index contributed by atoms with van der Waals surface area (Å²) in [6, 6.07) is 20.9. The number of fused-ring (bicyclic) bond motifs is 1. The van der Waals surface area contributed by atoms with Gasteiger partial charge in [-0.3, -0.25) is 4.72 Å². The van der Waals surface area contributed by atoms with E-state index in [1.807, 2.05) is 42.6 Å². The van der Waals surface area contributed by atoms with Crippen LogP contribution in [0.4, 0.5) is 5.13 Å². The number of sulfonamides is 1. The van der Waals surface area contributed by atoms with E-state index < -0.39 is 10.0 Å². The number of aromatic nitrogens is 1. The second kappa shape index (κ2) is 6.55. The van der Waals surface area contributed by atoms with E-state index in [-0.39, 0.29) is 4.90 Å². The van der Waals surface area contributed by atoms with Crippen LogP contribution < -0.4 is 4.72 Å². The highest BCUT2D eigenvalue weighted by molar-refractivity contribution is 7.93. The van der Waals surface area contributed by atoms with Crippen LogP contribution in [0.1, 0.15) is 5.56 Å². The Labute approximate surface area is 156 Å². The van der Waals surface area contributed by atoms with Crippen molar-refractivity contribution in [2.24, 2.45) is 0 Å². The summed E-state index contributed by atoms with van der Waals surface area (Å²) >= 11 is 1.27. The Morgan fingerprint density at radius 3 is 2.42 bits per heavy atom. The average molecular weight is 380 g/mol. The molecule has 4 nitrogen and oxygen atoms in total. The molecule has 0 spiro atoms. The summed E-state index contributed by atoms with van der Waals surface area (Å²) in [5, 5.41) is 4.50. The van der Waals surface area contributed by atoms with Crippen molar-refractivity contribution in [2.75, 3.05) is 4.72 Å². The van der Waals surface area contributed by atoms with Crippen molar-refractivity contribution in [3.63, 3.8) is 0 Å². The Morgan fingerprint density at radius 1 is 0.923 bits per heavy atom. The molecular weight excluding hydrogens is 364 g/mol. The average Bonchev–Trinajstić information content (AvgIpc) is 3.09. The van der Waals surface area contributed by atoms with Crippen molar-refractivity contribution < 1.29 is 8.42 Å². The summed E-state index contributed by atoms with van der Waals surface area (Å²) in [5.74, 6) is 0. The van der Waals surface area contributed by atoms with Gasteiger partial charge in [0, 0.05) is 10.9 Å². The molecule has 6 heteroatoms. The lowest BCUT2D eigenvalue weighted by Gasteiger charge is -2.05. The fourth-order valence-electron chi connectivity index (χ4n) is 2.69. The summed E-state index contributed by atoms with van der Waals surface area (Å²) in [7, 11) is -3.64. The molecule has 4 rings (SSSR count). The van der Waals surface area contributed by atoms with Gasteiger partial charge in [0.2, 0.25) is 0 Å². The van der Waals surface area contributed by atoms with Gasteiger partial charge in [-0.25, -0.2) is 13.4 Å². The number of rotatable bonds is 4. The van der Waals surface area contributed by atoms with Gasteiger partial charge in [0.1, 0.15) is 0 Å². The molecule has 0 saturated heterocycles. The zero-order valence-corrected chi connectivity index (χ0v) is 15.6. The number of nitrogens with one attached hydrogen (secondary N) is 1. The van der Waals surface area contributed by atoms with Crippen LogP contribution in [-0.4, -0.2) is 13.4 Å². The first kappa shape index (κ1) is 16.8. The van der Waals surface area contributed by atoms with Crippen molar-refractivity contribution in [1.82, 2.24) is 4.98 Å². The van der Waals surface area contributed by atoms with E-state index in [2.05, 4.69) is 21.8 Å². The first-order valence-electron chi connectivity index (χ1n) is 8.05. The van der Waals surface area contributed by atoms with Crippen LogP contribution in [0.3, 0.4) is 0 Å². The maximum atomic E-state index is 12.5. The van der Waals surface area contributed by atoms with Crippen LogP contribution in [0.5, 0.6) is 0 Å². The zero-order chi connectivity index (χ0) is 18.1. The molecule has 0 aliphatic heterocycles. The molecule has 0 aliphatic rings. The van der Waals surface area contributed by atoms with Gasteiger partial charge in [-0.2, -0.15) is 0 Å². The third-order valence-corrected chi connectivity index (χ3v) is 6.34. The van der Waals surface area contributed by atoms with Crippen LogP contribution >= 0.6 is 11.3 Å². The van der Waals surface area contributed by atoms with E-state index >= 15 is 0 Å². The second-order valence-electron chi connectivity index (χ2n) is 6.02. The minimum Gasteiger partial charge on any atom is -0.255 e. The molecule has 1 aromatic heterocycles. The lowest BCUT2D eigenvalue weighted by atomic mass is 10.1. The van der Waals surface area contributed by atoms with Gasteiger partial charge < -0.3 is 0 Å². The smallest absolute Gasteiger partial charge is 0.255 e. The molecule has 130 valence electrons. The Bertz CT molecular complexity index is 1180. The molecule has 0 radical (unpaired) electrons. The van der Waals surface area contributed by atoms with Gasteiger partial charge in [-0.15, -0.1) is 11.3 Å². The molecule has 0 aliphatic carbocycles. The highest BCUT2D eigenvalue weighted by atomic mass is 32.2. The molecule has 0 saturated carbocycles. The normalized spacial score (nSPS) is 11.6. The first-order chi connectivity index (χ1) is 12.5. The van der Waals surface area contributed by atoms with Gasteiger partial charge in [0.05, 0.1) is 10.6 Å². The topological polar surface area (TPSA) is 59.1 Å². The lowest BCUT2D eigenvalue weighted by molar-refractivity contribution is 0.601. The fourth-order valence-corrected chi connectivity index (χ4v) is 4.67. The Kier molecular flexibility index (Phi) is 4.22. The number of hydrogen-bond donors (Lipinski definition) is 1. The third kappa shape index (κ3) is 3.34. The molecule has 1 N–H and O–H groups in total. The molecule has 0 amide bonds. The third-order valence-electron chi connectivity index (χ3n) is 4.10. The van der Waals surface area contributed by atoms with Gasteiger partial charge in [0.15, 0.2) is 5.13 Å². The maximum absolute atomic E-state index is 12.5. The van der Waals surface area contributed by atoms with Crippen LogP contribution in [-0.2, 0) is 10.0 Å².